The summed E-state index contributed by atoms with van der Waals surface area (Å²) in [5.41, 5.74) is 10.3. The Morgan fingerprint density at radius 2 is 1.18 bits per heavy atom. The highest BCUT2D eigenvalue weighted by Crippen LogP contribution is 2.46. The van der Waals surface area contributed by atoms with E-state index in [0.717, 1.165) is 66.8 Å². The molecule has 0 spiro atoms. The van der Waals surface area contributed by atoms with Gasteiger partial charge < -0.3 is 9.13 Å². The molecular formula is C45H32N4. The zero-order valence-electron chi connectivity index (χ0n) is 27.1. The van der Waals surface area contributed by atoms with Gasteiger partial charge in [-0.25, -0.2) is 0 Å². The Labute approximate surface area is 284 Å². The van der Waals surface area contributed by atoms with Crippen molar-refractivity contribution in [1.82, 2.24) is 14.1 Å². The van der Waals surface area contributed by atoms with E-state index in [0.29, 0.717) is 0 Å². The van der Waals surface area contributed by atoms with E-state index in [4.69, 9.17) is 11.6 Å². The molecule has 0 amide bonds. The van der Waals surface area contributed by atoms with Crippen LogP contribution in [0.25, 0.3) is 71.5 Å². The molecule has 3 heterocycles. The SMILES string of the molecule is C=C(/C=C(\N=C(C)c1ccccc1)c1ccccc1)n1c2ccccc2c2c3ccncc3c3c(c4ccccc4n3-c3ccccc3)c21. The van der Waals surface area contributed by atoms with E-state index in [-0.39, 0.29) is 0 Å². The topological polar surface area (TPSA) is 35.1 Å². The van der Waals surface area contributed by atoms with E-state index < -0.39 is 0 Å². The molecule has 0 saturated carbocycles. The molecule has 0 aliphatic heterocycles. The van der Waals surface area contributed by atoms with Crippen LogP contribution in [0.1, 0.15) is 18.1 Å². The molecule has 9 rings (SSSR count). The number of pyridine rings is 1. The third kappa shape index (κ3) is 4.61. The molecule has 0 bridgehead atoms. The summed E-state index contributed by atoms with van der Waals surface area (Å²) in [6.07, 6.45) is 6.05. The Morgan fingerprint density at radius 1 is 0.592 bits per heavy atom. The van der Waals surface area contributed by atoms with E-state index in [1.807, 2.05) is 36.7 Å². The van der Waals surface area contributed by atoms with Crippen molar-refractivity contribution in [3.63, 3.8) is 0 Å². The van der Waals surface area contributed by atoms with Crippen molar-refractivity contribution < 1.29 is 0 Å². The number of allylic oxidation sites excluding steroid dienone is 2. The second-order valence-electron chi connectivity index (χ2n) is 12.4. The number of aliphatic imine (C=N–C) groups is 1. The normalized spacial score (nSPS) is 12.5. The van der Waals surface area contributed by atoms with Gasteiger partial charge in [0.25, 0.3) is 0 Å². The van der Waals surface area contributed by atoms with Gasteiger partial charge in [-0.15, -0.1) is 0 Å². The fourth-order valence-electron chi connectivity index (χ4n) is 7.36. The maximum absolute atomic E-state index is 5.22. The van der Waals surface area contributed by atoms with Gasteiger partial charge in [0, 0.05) is 62.0 Å². The molecule has 0 fully saturated rings. The Hall–Kier alpha value is -6.52. The maximum Gasteiger partial charge on any atom is 0.0726 e. The number of para-hydroxylation sites is 3. The first-order chi connectivity index (χ1) is 24.2. The fourth-order valence-corrected chi connectivity index (χ4v) is 7.36. The van der Waals surface area contributed by atoms with E-state index in [1.165, 1.54) is 21.5 Å². The molecule has 3 aromatic heterocycles. The molecule has 0 unspecified atom stereocenters. The van der Waals surface area contributed by atoms with Crippen molar-refractivity contribution in [2.24, 2.45) is 4.99 Å². The smallest absolute Gasteiger partial charge is 0.0726 e. The number of hydrogen-bond donors (Lipinski definition) is 0. The van der Waals surface area contributed by atoms with Gasteiger partial charge in [-0.2, -0.15) is 0 Å². The van der Waals surface area contributed by atoms with Crippen molar-refractivity contribution in [3.05, 3.63) is 182 Å². The molecule has 4 nitrogen and oxygen atoms in total. The van der Waals surface area contributed by atoms with Crippen LogP contribution in [0, 0.1) is 0 Å². The van der Waals surface area contributed by atoms with Gasteiger partial charge >= 0.3 is 0 Å². The van der Waals surface area contributed by atoms with E-state index in [2.05, 4.69) is 148 Å². The minimum atomic E-state index is 0.834. The number of aromatic nitrogens is 3. The highest BCUT2D eigenvalue weighted by atomic mass is 15.0. The number of hydrogen-bond acceptors (Lipinski definition) is 2. The van der Waals surface area contributed by atoms with Crippen LogP contribution >= 0.6 is 0 Å². The van der Waals surface area contributed by atoms with Gasteiger partial charge in [-0.1, -0.05) is 122 Å². The second-order valence-corrected chi connectivity index (χ2v) is 12.4. The molecule has 0 saturated heterocycles. The van der Waals surface area contributed by atoms with Crippen LogP contribution in [0.3, 0.4) is 0 Å². The summed E-state index contributed by atoms with van der Waals surface area (Å²) < 4.78 is 4.72. The molecule has 232 valence electrons. The fraction of sp³-hybridized carbons (Fsp3) is 0.0222. The average Bonchev–Trinajstić information content (AvgIpc) is 3.70. The van der Waals surface area contributed by atoms with Gasteiger partial charge in [-0.05, 0) is 54.3 Å². The highest BCUT2D eigenvalue weighted by molar-refractivity contribution is 6.37. The van der Waals surface area contributed by atoms with Gasteiger partial charge in [0.1, 0.15) is 0 Å². The summed E-state index contributed by atoms with van der Waals surface area (Å²) in [5.74, 6) is 0. The largest absolute Gasteiger partial charge is 0.309 e. The van der Waals surface area contributed by atoms with Crippen molar-refractivity contribution in [2.75, 3.05) is 0 Å². The minimum Gasteiger partial charge on any atom is -0.309 e. The molecule has 9 aromatic rings. The molecule has 6 aromatic carbocycles. The summed E-state index contributed by atoms with van der Waals surface area (Å²) in [7, 11) is 0. The zero-order chi connectivity index (χ0) is 32.9. The lowest BCUT2D eigenvalue weighted by Gasteiger charge is -2.13. The lowest BCUT2D eigenvalue weighted by atomic mass is 10.0. The first-order valence-electron chi connectivity index (χ1n) is 16.5. The number of nitrogens with zero attached hydrogens (tertiary/aromatic N) is 4. The minimum absolute atomic E-state index is 0.834. The Morgan fingerprint density at radius 3 is 1.90 bits per heavy atom. The first-order valence-corrected chi connectivity index (χ1v) is 16.5. The molecule has 4 heteroatoms. The third-order valence-corrected chi connectivity index (χ3v) is 9.49. The Bertz CT molecular complexity index is 2770. The van der Waals surface area contributed by atoms with Crippen molar-refractivity contribution in [1.29, 1.82) is 0 Å². The number of rotatable bonds is 6. The molecule has 49 heavy (non-hydrogen) atoms. The number of fused-ring (bicyclic) bond motifs is 10. The molecule has 0 aliphatic carbocycles. The monoisotopic (exact) mass is 628 g/mol. The van der Waals surface area contributed by atoms with Crippen LogP contribution in [0.15, 0.2) is 176 Å². The summed E-state index contributed by atoms with van der Waals surface area (Å²) in [4.78, 5) is 9.88. The van der Waals surface area contributed by atoms with Crippen LogP contribution in [0.2, 0.25) is 0 Å². The van der Waals surface area contributed by atoms with Crippen LogP contribution < -0.4 is 0 Å². The molecular weight excluding hydrogens is 597 g/mol. The van der Waals surface area contributed by atoms with Crippen molar-refractivity contribution in [3.8, 4) is 5.69 Å². The summed E-state index contributed by atoms with van der Waals surface area (Å²) in [6.45, 7) is 6.84. The predicted molar refractivity (Wildman–Crippen MR) is 207 cm³/mol. The Kier molecular flexibility index (Phi) is 6.80. The van der Waals surface area contributed by atoms with E-state index in [9.17, 15) is 0 Å². The quantitative estimate of drug-likeness (QED) is 0.133. The standard InChI is InChI=1S/C45H32N4/c1-30(28-39(33-18-8-4-9-19-33)47-31(2)32-16-6-3-7-17-32)48-40-24-14-12-22-36(40)42-35-26-27-46-29-38(35)44-43(45(42)48)37-23-13-15-25-41(37)49(44)34-20-10-5-11-21-34/h3-29H,1H2,2H3/b39-28-,47-31?. The van der Waals surface area contributed by atoms with Crippen LogP contribution in [0.5, 0.6) is 0 Å². The van der Waals surface area contributed by atoms with Gasteiger partial charge in [0.15, 0.2) is 0 Å². The summed E-state index contributed by atoms with van der Waals surface area (Å²) in [6, 6.07) is 50.8. The molecule has 0 radical (unpaired) electrons. The summed E-state index contributed by atoms with van der Waals surface area (Å²) >= 11 is 0. The van der Waals surface area contributed by atoms with E-state index in [1.54, 1.807) is 0 Å². The van der Waals surface area contributed by atoms with Gasteiger partial charge in [-0.3, -0.25) is 9.98 Å². The average molecular weight is 629 g/mol. The van der Waals surface area contributed by atoms with Gasteiger partial charge in [0.2, 0.25) is 0 Å². The molecule has 0 atom stereocenters. The third-order valence-electron chi connectivity index (χ3n) is 9.49. The highest BCUT2D eigenvalue weighted by Gasteiger charge is 2.24. The lowest BCUT2D eigenvalue weighted by molar-refractivity contribution is 1.18. The van der Waals surface area contributed by atoms with Crippen molar-refractivity contribution in [2.45, 2.75) is 6.92 Å². The molecule has 0 N–H and O–H groups in total. The lowest BCUT2D eigenvalue weighted by Crippen LogP contribution is -1.98. The van der Waals surface area contributed by atoms with Gasteiger partial charge in [0.05, 0.1) is 27.8 Å². The second kappa shape index (κ2) is 11.6. The zero-order valence-corrected chi connectivity index (χ0v) is 27.1. The van der Waals surface area contributed by atoms with Crippen molar-refractivity contribution >= 4 is 71.5 Å². The first kappa shape index (κ1) is 28.7. The number of benzene rings is 6. The maximum atomic E-state index is 5.22. The predicted octanol–water partition coefficient (Wildman–Crippen LogP) is 11.5. The Balaban J connectivity index is 1.43. The van der Waals surface area contributed by atoms with Crippen LogP contribution in [-0.4, -0.2) is 19.8 Å². The molecule has 0 aliphatic rings. The van der Waals surface area contributed by atoms with Crippen LogP contribution in [-0.2, 0) is 0 Å². The summed E-state index contributed by atoms with van der Waals surface area (Å²) in [5, 5.41) is 6.99. The van der Waals surface area contributed by atoms with E-state index >= 15 is 0 Å². The van der Waals surface area contributed by atoms with Crippen LogP contribution in [0.4, 0.5) is 0 Å².